The molecule has 0 radical (unpaired) electrons. The fourth-order valence-corrected chi connectivity index (χ4v) is 3.65. The number of alkyl halides is 2. The molecule has 1 aromatic carbocycles. The van der Waals surface area contributed by atoms with Crippen LogP contribution in [0.1, 0.15) is 12.8 Å². The zero-order valence-electron chi connectivity index (χ0n) is 17.1. The molecule has 1 unspecified atom stereocenters. The van der Waals surface area contributed by atoms with Gasteiger partial charge in [0.15, 0.2) is 0 Å². The molecule has 1 atom stereocenters. The van der Waals surface area contributed by atoms with Gasteiger partial charge in [-0.25, -0.2) is 14.2 Å². The molecule has 9 nitrogen and oxygen atoms in total. The maximum Gasteiger partial charge on any atom is 0.414 e. The fourth-order valence-electron chi connectivity index (χ4n) is 3.65. The molecule has 3 aliphatic rings. The third kappa shape index (κ3) is 4.90. The van der Waals surface area contributed by atoms with Crippen LogP contribution in [-0.2, 0) is 19.2 Å². The largest absolute Gasteiger partial charge is 0.442 e. The third-order valence-corrected chi connectivity index (χ3v) is 5.51. The van der Waals surface area contributed by atoms with E-state index in [9.17, 15) is 27.6 Å². The first-order valence-electron chi connectivity index (χ1n) is 10.4. The number of carbonyl (C=O) groups is 3. The Kier molecular flexibility index (Phi) is 6.40. The first-order valence-corrected chi connectivity index (χ1v) is 10.4. The number of benzene rings is 1. The van der Waals surface area contributed by atoms with Crippen molar-refractivity contribution in [2.24, 2.45) is 5.92 Å². The van der Waals surface area contributed by atoms with Crippen molar-refractivity contribution in [3.05, 3.63) is 24.0 Å². The minimum atomic E-state index is -3.16. The number of amides is 3. The highest BCUT2D eigenvalue weighted by Gasteiger charge is 2.36. The maximum atomic E-state index is 14.9. The maximum absolute atomic E-state index is 14.9. The van der Waals surface area contributed by atoms with E-state index in [1.54, 1.807) is 11.0 Å². The van der Waals surface area contributed by atoms with Crippen molar-refractivity contribution in [1.82, 2.24) is 10.4 Å². The van der Waals surface area contributed by atoms with Crippen molar-refractivity contribution in [2.45, 2.75) is 25.4 Å². The van der Waals surface area contributed by atoms with Crippen LogP contribution in [0.5, 0.6) is 0 Å². The van der Waals surface area contributed by atoms with Gasteiger partial charge in [-0.15, -0.1) is 0 Å². The zero-order chi connectivity index (χ0) is 22.8. The summed E-state index contributed by atoms with van der Waals surface area (Å²) >= 11 is 0. The van der Waals surface area contributed by atoms with Gasteiger partial charge in [-0.2, -0.15) is 8.78 Å². The van der Waals surface area contributed by atoms with Crippen LogP contribution in [0.15, 0.2) is 18.2 Å². The van der Waals surface area contributed by atoms with Crippen molar-refractivity contribution in [3.63, 3.8) is 0 Å². The number of ether oxygens (including phenoxy) is 1. The van der Waals surface area contributed by atoms with Crippen molar-refractivity contribution < 1.29 is 37.1 Å². The average Bonchev–Trinajstić information content (AvgIpc) is 3.57. The standard InChI is InChI=1S/C20H23F3N4O5/c21-15-9-13(26-11-14(32-20(26)30)10-24-18(28)17(22)23)3-4-16(15)25-5-6-27(31-8-7-25)19(29)12-1-2-12/h3-4,9,12,14,17H,1-2,5-8,10-11H2,(H,24,28). The number of cyclic esters (lactones) is 1. The third-order valence-electron chi connectivity index (χ3n) is 5.51. The Morgan fingerprint density at radius 3 is 2.66 bits per heavy atom. The summed E-state index contributed by atoms with van der Waals surface area (Å²) in [5, 5.41) is 3.35. The molecule has 0 spiro atoms. The van der Waals surface area contributed by atoms with Gasteiger partial charge in [0, 0.05) is 19.0 Å². The summed E-state index contributed by atoms with van der Waals surface area (Å²) in [6, 6.07) is 4.27. The van der Waals surface area contributed by atoms with Gasteiger partial charge >= 0.3 is 12.5 Å². The average molecular weight is 456 g/mol. The Balaban J connectivity index is 1.37. The Hall–Kier alpha value is -3.02. The molecule has 1 saturated carbocycles. The zero-order valence-corrected chi connectivity index (χ0v) is 17.1. The van der Waals surface area contributed by atoms with Gasteiger partial charge in [0.05, 0.1) is 37.6 Å². The van der Waals surface area contributed by atoms with E-state index < -0.39 is 30.3 Å². The summed E-state index contributed by atoms with van der Waals surface area (Å²) in [5.74, 6) is -2.01. The molecule has 12 heteroatoms. The van der Waals surface area contributed by atoms with Crippen LogP contribution >= 0.6 is 0 Å². The number of nitrogens with one attached hydrogen (secondary N) is 1. The highest BCUT2D eigenvalue weighted by molar-refractivity contribution is 5.90. The summed E-state index contributed by atoms with van der Waals surface area (Å²) in [4.78, 5) is 43.8. The van der Waals surface area contributed by atoms with Crippen LogP contribution in [-0.4, -0.2) is 74.8 Å². The van der Waals surface area contributed by atoms with E-state index in [-0.39, 0.29) is 37.2 Å². The van der Waals surface area contributed by atoms with Gasteiger partial charge in [-0.1, -0.05) is 0 Å². The molecule has 1 N–H and O–H groups in total. The lowest BCUT2D eigenvalue weighted by atomic mass is 10.2. The predicted molar refractivity (Wildman–Crippen MR) is 106 cm³/mol. The lowest BCUT2D eigenvalue weighted by Crippen LogP contribution is -2.37. The molecule has 4 rings (SSSR count). The highest BCUT2D eigenvalue weighted by Crippen LogP contribution is 2.32. The van der Waals surface area contributed by atoms with Crippen molar-refractivity contribution >= 4 is 29.3 Å². The molecule has 2 saturated heterocycles. The smallest absolute Gasteiger partial charge is 0.414 e. The van der Waals surface area contributed by atoms with E-state index in [1.165, 1.54) is 22.1 Å². The number of hydrogen-bond donors (Lipinski definition) is 1. The minimum absolute atomic E-state index is 0.0169. The van der Waals surface area contributed by atoms with E-state index in [2.05, 4.69) is 0 Å². The van der Waals surface area contributed by atoms with Gasteiger partial charge in [0.25, 0.3) is 5.91 Å². The van der Waals surface area contributed by atoms with Crippen LogP contribution < -0.4 is 15.1 Å². The molecule has 174 valence electrons. The molecule has 0 bridgehead atoms. The van der Waals surface area contributed by atoms with Crippen LogP contribution in [0.3, 0.4) is 0 Å². The molecule has 32 heavy (non-hydrogen) atoms. The van der Waals surface area contributed by atoms with Gasteiger partial charge in [-0.05, 0) is 31.0 Å². The Labute approximate surface area is 182 Å². The summed E-state index contributed by atoms with van der Waals surface area (Å²) in [6.45, 7) is 1.06. The number of hydrogen-bond acceptors (Lipinski definition) is 6. The summed E-state index contributed by atoms with van der Waals surface area (Å²) in [6.07, 6.45) is -3.00. The van der Waals surface area contributed by atoms with Crippen molar-refractivity contribution in [1.29, 1.82) is 0 Å². The molecule has 1 aromatic rings. The van der Waals surface area contributed by atoms with E-state index >= 15 is 0 Å². The number of hydroxylamine groups is 2. The second-order valence-electron chi connectivity index (χ2n) is 7.83. The number of anilines is 2. The van der Waals surface area contributed by atoms with Crippen LogP contribution in [0.4, 0.5) is 29.3 Å². The molecule has 3 fully saturated rings. The monoisotopic (exact) mass is 456 g/mol. The van der Waals surface area contributed by atoms with Crippen LogP contribution in [0.25, 0.3) is 0 Å². The molecular weight excluding hydrogens is 433 g/mol. The molecular formula is C20H23F3N4O5. The lowest BCUT2D eigenvalue weighted by Gasteiger charge is -2.24. The number of rotatable bonds is 6. The second-order valence-corrected chi connectivity index (χ2v) is 7.83. The topological polar surface area (TPSA) is 91.4 Å². The van der Waals surface area contributed by atoms with E-state index in [0.29, 0.717) is 25.3 Å². The van der Waals surface area contributed by atoms with Gasteiger partial charge in [-0.3, -0.25) is 19.3 Å². The van der Waals surface area contributed by atoms with Crippen LogP contribution in [0.2, 0.25) is 0 Å². The van der Waals surface area contributed by atoms with E-state index in [1.807, 2.05) is 5.32 Å². The first kappa shape index (κ1) is 22.2. The predicted octanol–water partition coefficient (Wildman–Crippen LogP) is 1.52. The quantitative estimate of drug-likeness (QED) is 0.698. The van der Waals surface area contributed by atoms with Crippen molar-refractivity contribution in [3.8, 4) is 0 Å². The van der Waals surface area contributed by atoms with Gasteiger partial charge < -0.3 is 15.0 Å². The molecule has 2 aliphatic heterocycles. The number of carbonyl (C=O) groups excluding carboxylic acids is 3. The van der Waals surface area contributed by atoms with Crippen LogP contribution in [0, 0.1) is 11.7 Å². The normalized spacial score (nSPS) is 21.6. The highest BCUT2D eigenvalue weighted by atomic mass is 19.3. The SMILES string of the molecule is O=C(NCC1CN(c2ccc(N3CCON(C(=O)C4CC4)CC3)c(F)c2)C(=O)O1)C(F)F. The number of nitrogens with zero attached hydrogens (tertiary/aromatic N) is 3. The Morgan fingerprint density at radius 2 is 1.97 bits per heavy atom. The molecule has 2 heterocycles. The van der Waals surface area contributed by atoms with E-state index in [0.717, 1.165) is 12.8 Å². The van der Waals surface area contributed by atoms with Crippen molar-refractivity contribution in [2.75, 3.05) is 49.1 Å². The van der Waals surface area contributed by atoms with Gasteiger partial charge in [0.1, 0.15) is 11.9 Å². The lowest BCUT2D eigenvalue weighted by molar-refractivity contribution is -0.183. The minimum Gasteiger partial charge on any atom is -0.442 e. The van der Waals surface area contributed by atoms with E-state index in [4.69, 9.17) is 9.57 Å². The second kappa shape index (κ2) is 9.23. The fraction of sp³-hybridized carbons (Fsp3) is 0.550. The summed E-state index contributed by atoms with van der Waals surface area (Å²) < 4.78 is 44.5. The Bertz CT molecular complexity index is 898. The Morgan fingerprint density at radius 1 is 1.19 bits per heavy atom. The molecule has 3 amide bonds. The number of halogens is 3. The first-order chi connectivity index (χ1) is 15.3. The molecule has 1 aliphatic carbocycles. The summed E-state index contributed by atoms with van der Waals surface area (Å²) in [5.41, 5.74) is 0.557. The molecule has 0 aromatic heterocycles. The summed E-state index contributed by atoms with van der Waals surface area (Å²) in [7, 11) is 0. The van der Waals surface area contributed by atoms with Gasteiger partial charge in [0.2, 0.25) is 5.91 Å².